The quantitative estimate of drug-likeness (QED) is 0.244. The number of hydrogen-bond donors (Lipinski definition) is 0. The monoisotopic (exact) mass is 507 g/mol. The number of thiazole rings is 1. The number of benzene rings is 3. The second kappa shape index (κ2) is 11.7. The Morgan fingerprint density at radius 2 is 1.63 bits per heavy atom. The van der Waals surface area contributed by atoms with E-state index in [1.807, 2.05) is 48.5 Å². The second-order valence-corrected chi connectivity index (χ2v) is 9.65. The van der Waals surface area contributed by atoms with Gasteiger partial charge in [0, 0.05) is 18.7 Å². The van der Waals surface area contributed by atoms with E-state index >= 15 is 0 Å². The molecule has 4 rings (SSSR count). The summed E-state index contributed by atoms with van der Waals surface area (Å²) < 4.78 is 6.31. The van der Waals surface area contributed by atoms with Gasteiger partial charge in [0.2, 0.25) is 0 Å². The molecule has 5 nitrogen and oxygen atoms in total. The molecule has 0 radical (unpaired) electrons. The number of aromatic nitrogens is 1. The Hall–Kier alpha value is -2.93. The molecule has 0 fully saturated rings. The van der Waals surface area contributed by atoms with Crippen LogP contribution < -0.4 is 9.64 Å². The Kier molecular flexibility index (Phi) is 8.39. The lowest BCUT2D eigenvalue weighted by molar-refractivity contribution is 0.0983. The molecule has 0 saturated heterocycles. The zero-order valence-electron chi connectivity index (χ0n) is 20.3. The molecule has 182 valence electrons. The third-order valence-corrected chi connectivity index (χ3v) is 7.67. The van der Waals surface area contributed by atoms with Gasteiger partial charge < -0.3 is 9.64 Å². The smallest absolute Gasteiger partial charge is 0.260 e. The van der Waals surface area contributed by atoms with E-state index in [0.717, 1.165) is 30.8 Å². The van der Waals surface area contributed by atoms with Crippen LogP contribution in [-0.4, -0.2) is 49.1 Å². The van der Waals surface area contributed by atoms with Gasteiger partial charge in [0.05, 0.1) is 16.8 Å². The summed E-state index contributed by atoms with van der Waals surface area (Å²) in [6, 6.07) is 21.8. The maximum atomic E-state index is 13.7. The van der Waals surface area contributed by atoms with Crippen LogP contribution in [0.3, 0.4) is 0 Å². The lowest BCUT2D eigenvalue weighted by Crippen LogP contribution is -2.38. The molecular formula is C28H30ClN3O2S. The average molecular weight is 508 g/mol. The first-order valence-corrected chi connectivity index (χ1v) is 13.0. The Labute approximate surface area is 215 Å². The number of halogens is 1. The van der Waals surface area contributed by atoms with Crippen LogP contribution >= 0.6 is 22.9 Å². The SMILES string of the molecule is CCN(CC)CCN(C(=O)c1ccc(Cc2ccccc2)cc1)c1nc2c(OC)ccc(Cl)c2s1. The molecule has 0 bridgehead atoms. The average Bonchev–Trinajstić information content (AvgIpc) is 3.34. The van der Waals surface area contributed by atoms with Gasteiger partial charge in [-0.25, -0.2) is 4.98 Å². The van der Waals surface area contributed by atoms with Crippen LogP contribution in [0.25, 0.3) is 10.2 Å². The van der Waals surface area contributed by atoms with E-state index < -0.39 is 0 Å². The van der Waals surface area contributed by atoms with E-state index in [2.05, 4.69) is 30.9 Å². The van der Waals surface area contributed by atoms with Gasteiger partial charge in [-0.3, -0.25) is 9.69 Å². The van der Waals surface area contributed by atoms with Gasteiger partial charge >= 0.3 is 0 Å². The number of likely N-dealkylation sites (N-methyl/N-ethyl adjacent to an activating group) is 1. The van der Waals surface area contributed by atoms with Crippen LogP contribution in [0.5, 0.6) is 5.75 Å². The fourth-order valence-electron chi connectivity index (χ4n) is 4.04. The number of nitrogens with zero attached hydrogens (tertiary/aromatic N) is 3. The number of ether oxygens (including phenoxy) is 1. The number of carbonyl (C=O) groups excluding carboxylic acids is 1. The van der Waals surface area contributed by atoms with Gasteiger partial charge in [0.1, 0.15) is 11.3 Å². The topological polar surface area (TPSA) is 45.7 Å². The van der Waals surface area contributed by atoms with E-state index in [1.165, 1.54) is 22.5 Å². The highest BCUT2D eigenvalue weighted by Gasteiger charge is 2.23. The number of hydrogen-bond acceptors (Lipinski definition) is 5. The molecule has 35 heavy (non-hydrogen) atoms. The van der Waals surface area contributed by atoms with Gasteiger partial charge in [0.15, 0.2) is 5.13 Å². The molecule has 0 aliphatic carbocycles. The molecule has 0 saturated carbocycles. The first-order chi connectivity index (χ1) is 17.0. The largest absolute Gasteiger partial charge is 0.494 e. The van der Waals surface area contributed by atoms with Crippen molar-refractivity contribution in [3.8, 4) is 5.75 Å². The first kappa shape index (κ1) is 25.2. The number of carbonyl (C=O) groups is 1. The number of amides is 1. The molecule has 0 aliphatic heterocycles. The number of rotatable bonds is 10. The van der Waals surface area contributed by atoms with Gasteiger partial charge in [-0.1, -0.05) is 79.2 Å². The van der Waals surface area contributed by atoms with Gasteiger partial charge in [-0.2, -0.15) is 0 Å². The Bertz CT molecular complexity index is 1270. The van der Waals surface area contributed by atoms with Crippen molar-refractivity contribution in [1.29, 1.82) is 0 Å². The minimum atomic E-state index is -0.0717. The zero-order chi connectivity index (χ0) is 24.8. The predicted octanol–water partition coefficient (Wildman–Crippen LogP) is 6.54. The van der Waals surface area contributed by atoms with Crippen molar-refractivity contribution in [3.05, 3.63) is 88.4 Å². The predicted molar refractivity (Wildman–Crippen MR) is 146 cm³/mol. The molecule has 1 amide bonds. The summed E-state index contributed by atoms with van der Waals surface area (Å²) in [5.41, 5.74) is 3.73. The van der Waals surface area contributed by atoms with E-state index in [4.69, 9.17) is 21.3 Å². The zero-order valence-corrected chi connectivity index (χ0v) is 21.9. The van der Waals surface area contributed by atoms with Crippen molar-refractivity contribution in [2.24, 2.45) is 0 Å². The summed E-state index contributed by atoms with van der Waals surface area (Å²) in [6.07, 6.45) is 0.831. The van der Waals surface area contributed by atoms with Gasteiger partial charge in [0.25, 0.3) is 5.91 Å². The molecule has 0 aliphatic rings. The highest BCUT2D eigenvalue weighted by molar-refractivity contribution is 7.23. The number of fused-ring (bicyclic) bond motifs is 1. The fourth-order valence-corrected chi connectivity index (χ4v) is 5.32. The normalized spacial score (nSPS) is 11.2. The minimum Gasteiger partial charge on any atom is -0.494 e. The molecule has 0 spiro atoms. The first-order valence-electron chi connectivity index (χ1n) is 11.8. The third-order valence-electron chi connectivity index (χ3n) is 6.13. The van der Waals surface area contributed by atoms with Crippen LogP contribution in [0.4, 0.5) is 5.13 Å². The summed E-state index contributed by atoms with van der Waals surface area (Å²) in [6.45, 7) is 7.39. The highest BCUT2D eigenvalue weighted by atomic mass is 35.5. The molecule has 0 N–H and O–H groups in total. The summed E-state index contributed by atoms with van der Waals surface area (Å²) >= 11 is 7.88. The van der Waals surface area contributed by atoms with Crippen molar-refractivity contribution < 1.29 is 9.53 Å². The van der Waals surface area contributed by atoms with E-state index in [9.17, 15) is 4.79 Å². The Balaban J connectivity index is 1.64. The van der Waals surface area contributed by atoms with Crippen LogP contribution in [0.15, 0.2) is 66.7 Å². The second-order valence-electron chi connectivity index (χ2n) is 8.27. The summed E-state index contributed by atoms with van der Waals surface area (Å²) in [7, 11) is 1.61. The maximum Gasteiger partial charge on any atom is 0.260 e. The molecular weight excluding hydrogens is 478 g/mol. The number of methoxy groups -OCH3 is 1. The van der Waals surface area contributed by atoms with Crippen LogP contribution in [-0.2, 0) is 6.42 Å². The lowest BCUT2D eigenvalue weighted by Gasteiger charge is -2.24. The van der Waals surface area contributed by atoms with Crippen LogP contribution in [0.2, 0.25) is 5.02 Å². The fraction of sp³-hybridized carbons (Fsp3) is 0.286. The van der Waals surface area contributed by atoms with Crippen LogP contribution in [0.1, 0.15) is 35.3 Å². The standard InChI is InChI=1S/C28H30ClN3O2S/c1-4-31(5-2)17-18-32(28-30-25-24(34-3)16-15-23(29)26(25)35-28)27(33)22-13-11-21(12-14-22)19-20-9-7-6-8-10-20/h6-16H,4-5,17-19H2,1-3H3. The van der Waals surface area contributed by atoms with Crippen molar-refractivity contribution in [3.63, 3.8) is 0 Å². The minimum absolute atomic E-state index is 0.0717. The Morgan fingerprint density at radius 1 is 0.943 bits per heavy atom. The van der Waals surface area contributed by atoms with Crippen LogP contribution in [0, 0.1) is 0 Å². The molecule has 0 unspecified atom stereocenters. The summed E-state index contributed by atoms with van der Waals surface area (Å²) in [5, 5.41) is 1.22. The van der Waals surface area contributed by atoms with Crippen molar-refractivity contribution in [2.45, 2.75) is 20.3 Å². The molecule has 1 aromatic heterocycles. The van der Waals surface area contributed by atoms with E-state index in [1.54, 1.807) is 18.1 Å². The van der Waals surface area contributed by atoms with Gasteiger partial charge in [-0.05, 0) is 54.9 Å². The maximum absolute atomic E-state index is 13.7. The Morgan fingerprint density at radius 3 is 2.29 bits per heavy atom. The number of anilines is 1. The molecule has 4 aromatic rings. The molecule has 3 aromatic carbocycles. The molecule has 0 atom stereocenters. The molecule has 7 heteroatoms. The molecule has 1 heterocycles. The van der Waals surface area contributed by atoms with E-state index in [0.29, 0.717) is 33.5 Å². The third kappa shape index (κ3) is 5.84. The lowest BCUT2D eigenvalue weighted by atomic mass is 10.0. The summed E-state index contributed by atoms with van der Waals surface area (Å²) in [5.74, 6) is 0.575. The van der Waals surface area contributed by atoms with Crippen molar-refractivity contribution in [1.82, 2.24) is 9.88 Å². The van der Waals surface area contributed by atoms with Crippen molar-refractivity contribution >= 4 is 44.2 Å². The van der Waals surface area contributed by atoms with Gasteiger partial charge in [-0.15, -0.1) is 0 Å². The van der Waals surface area contributed by atoms with E-state index in [-0.39, 0.29) is 5.91 Å². The summed E-state index contributed by atoms with van der Waals surface area (Å²) in [4.78, 5) is 22.6. The van der Waals surface area contributed by atoms with Crippen molar-refractivity contribution in [2.75, 3.05) is 38.2 Å². The highest BCUT2D eigenvalue weighted by Crippen LogP contribution is 2.39.